The van der Waals surface area contributed by atoms with Crippen molar-refractivity contribution in [3.8, 4) is 0 Å². The molecule has 0 saturated heterocycles. The minimum atomic E-state index is 0.356. The number of ether oxygens (including phenoxy) is 1. The Morgan fingerprint density at radius 1 is 1.21 bits per heavy atom. The molecule has 1 N–H and O–H groups in total. The van der Waals surface area contributed by atoms with E-state index < -0.39 is 0 Å². The standard InChI is InChI=1S/C17H27NO/c1-12(2)14-7-5-13(6-8-14)11-16(18-3)17(19-4)15-9-10-15/h5-8,12,15-18H,9-11H2,1-4H3. The first-order valence-electron chi connectivity index (χ1n) is 7.44. The van der Waals surface area contributed by atoms with Crippen LogP contribution in [0.1, 0.15) is 43.7 Å². The molecule has 19 heavy (non-hydrogen) atoms. The summed E-state index contributed by atoms with van der Waals surface area (Å²) in [6.45, 7) is 4.47. The minimum absolute atomic E-state index is 0.356. The van der Waals surface area contributed by atoms with E-state index in [1.807, 2.05) is 14.2 Å². The van der Waals surface area contributed by atoms with Crippen molar-refractivity contribution >= 4 is 0 Å². The number of hydrogen-bond donors (Lipinski definition) is 1. The van der Waals surface area contributed by atoms with E-state index in [-0.39, 0.29) is 0 Å². The molecule has 2 atom stereocenters. The summed E-state index contributed by atoms with van der Waals surface area (Å²) >= 11 is 0. The first kappa shape index (κ1) is 14.5. The van der Waals surface area contributed by atoms with Crippen molar-refractivity contribution in [3.63, 3.8) is 0 Å². The van der Waals surface area contributed by atoms with Gasteiger partial charge < -0.3 is 10.1 Å². The number of hydrogen-bond acceptors (Lipinski definition) is 2. The van der Waals surface area contributed by atoms with Gasteiger partial charge in [0.15, 0.2) is 0 Å². The number of methoxy groups -OCH3 is 1. The van der Waals surface area contributed by atoms with Crippen LogP contribution in [0.15, 0.2) is 24.3 Å². The van der Waals surface area contributed by atoms with E-state index in [1.54, 1.807) is 0 Å². The molecule has 0 spiro atoms. The average Bonchev–Trinajstić information content (AvgIpc) is 3.23. The Morgan fingerprint density at radius 2 is 1.84 bits per heavy atom. The van der Waals surface area contributed by atoms with Gasteiger partial charge in [-0.15, -0.1) is 0 Å². The maximum atomic E-state index is 5.70. The molecular formula is C17H27NO. The van der Waals surface area contributed by atoms with Gasteiger partial charge in [0.05, 0.1) is 6.10 Å². The first-order chi connectivity index (χ1) is 9.15. The van der Waals surface area contributed by atoms with Crippen LogP contribution in [0.3, 0.4) is 0 Å². The summed E-state index contributed by atoms with van der Waals surface area (Å²) in [7, 11) is 3.89. The Morgan fingerprint density at radius 3 is 2.26 bits per heavy atom. The molecule has 1 aromatic carbocycles. The molecule has 0 radical (unpaired) electrons. The monoisotopic (exact) mass is 261 g/mol. The van der Waals surface area contributed by atoms with Crippen LogP contribution in [0.25, 0.3) is 0 Å². The molecule has 1 fully saturated rings. The summed E-state index contributed by atoms with van der Waals surface area (Å²) in [4.78, 5) is 0. The van der Waals surface area contributed by atoms with E-state index in [2.05, 4.69) is 43.4 Å². The molecule has 1 aromatic rings. The van der Waals surface area contributed by atoms with Gasteiger partial charge in [0.2, 0.25) is 0 Å². The summed E-state index contributed by atoms with van der Waals surface area (Å²) in [5.41, 5.74) is 2.81. The van der Waals surface area contributed by atoms with Crippen LogP contribution < -0.4 is 5.32 Å². The lowest BCUT2D eigenvalue weighted by molar-refractivity contribution is 0.0534. The average molecular weight is 261 g/mol. The SMILES string of the molecule is CNC(Cc1ccc(C(C)C)cc1)C(OC)C1CC1. The Kier molecular flexibility index (Phi) is 5.00. The Labute approximate surface area is 117 Å². The van der Waals surface area contributed by atoms with Crippen LogP contribution in [0.2, 0.25) is 0 Å². The molecule has 0 amide bonds. The highest BCUT2D eigenvalue weighted by atomic mass is 16.5. The second-order valence-electron chi connectivity index (χ2n) is 6.03. The summed E-state index contributed by atoms with van der Waals surface area (Å²) in [6, 6.07) is 9.46. The van der Waals surface area contributed by atoms with E-state index in [0.717, 1.165) is 12.3 Å². The van der Waals surface area contributed by atoms with Crippen molar-refractivity contribution in [2.24, 2.45) is 5.92 Å². The minimum Gasteiger partial charge on any atom is -0.380 e. The molecular weight excluding hydrogens is 234 g/mol. The quantitative estimate of drug-likeness (QED) is 0.812. The summed E-state index contributed by atoms with van der Waals surface area (Å²) in [6.07, 6.45) is 4.05. The highest BCUT2D eigenvalue weighted by Gasteiger charge is 2.36. The van der Waals surface area contributed by atoms with Gasteiger partial charge in [-0.2, -0.15) is 0 Å². The van der Waals surface area contributed by atoms with Crippen LogP contribution in [0.5, 0.6) is 0 Å². The van der Waals surface area contributed by atoms with E-state index in [1.165, 1.54) is 24.0 Å². The van der Waals surface area contributed by atoms with Gasteiger partial charge in [-0.3, -0.25) is 0 Å². The molecule has 2 nitrogen and oxygen atoms in total. The largest absolute Gasteiger partial charge is 0.380 e. The van der Waals surface area contributed by atoms with Crippen molar-refractivity contribution in [1.82, 2.24) is 5.32 Å². The highest BCUT2D eigenvalue weighted by Crippen LogP contribution is 2.36. The van der Waals surface area contributed by atoms with Gasteiger partial charge >= 0.3 is 0 Å². The maximum Gasteiger partial charge on any atom is 0.0755 e. The molecule has 0 heterocycles. The van der Waals surface area contributed by atoms with Crippen LogP contribution in [0.4, 0.5) is 0 Å². The fourth-order valence-corrected chi connectivity index (χ4v) is 2.79. The van der Waals surface area contributed by atoms with Crippen molar-refractivity contribution in [2.75, 3.05) is 14.2 Å². The molecule has 1 saturated carbocycles. The number of likely N-dealkylation sites (N-methyl/N-ethyl adjacent to an activating group) is 1. The molecule has 2 heteroatoms. The highest BCUT2D eigenvalue weighted by molar-refractivity contribution is 5.25. The van der Waals surface area contributed by atoms with E-state index in [4.69, 9.17) is 4.74 Å². The lowest BCUT2D eigenvalue weighted by Gasteiger charge is -2.26. The zero-order valence-electron chi connectivity index (χ0n) is 12.6. The smallest absolute Gasteiger partial charge is 0.0755 e. The summed E-state index contributed by atoms with van der Waals surface area (Å²) < 4.78 is 5.70. The molecule has 2 rings (SSSR count). The Bertz CT molecular complexity index is 381. The van der Waals surface area contributed by atoms with Crippen LogP contribution >= 0.6 is 0 Å². The predicted molar refractivity (Wildman–Crippen MR) is 80.6 cm³/mol. The van der Waals surface area contributed by atoms with Crippen molar-refractivity contribution < 1.29 is 4.74 Å². The number of rotatable bonds is 7. The normalized spacial score (nSPS) is 18.6. The topological polar surface area (TPSA) is 21.3 Å². The fourth-order valence-electron chi connectivity index (χ4n) is 2.79. The van der Waals surface area contributed by atoms with Crippen LogP contribution in [-0.4, -0.2) is 26.3 Å². The molecule has 1 aliphatic carbocycles. The Hall–Kier alpha value is -0.860. The van der Waals surface area contributed by atoms with E-state index in [0.29, 0.717) is 18.1 Å². The lowest BCUT2D eigenvalue weighted by Crippen LogP contribution is -2.41. The third-order valence-corrected chi connectivity index (χ3v) is 4.23. The van der Waals surface area contributed by atoms with E-state index in [9.17, 15) is 0 Å². The second-order valence-corrected chi connectivity index (χ2v) is 6.03. The van der Waals surface area contributed by atoms with Crippen LogP contribution in [0, 0.1) is 5.92 Å². The maximum absolute atomic E-state index is 5.70. The zero-order chi connectivity index (χ0) is 13.8. The second kappa shape index (κ2) is 6.53. The summed E-state index contributed by atoms with van der Waals surface area (Å²) in [5, 5.41) is 3.44. The third kappa shape index (κ3) is 3.80. The zero-order valence-corrected chi connectivity index (χ0v) is 12.6. The fraction of sp³-hybridized carbons (Fsp3) is 0.647. The number of benzene rings is 1. The first-order valence-corrected chi connectivity index (χ1v) is 7.44. The molecule has 1 aliphatic rings. The molecule has 0 aliphatic heterocycles. The Balaban J connectivity index is 2.00. The van der Waals surface area contributed by atoms with Gasteiger partial charge in [0.25, 0.3) is 0 Å². The summed E-state index contributed by atoms with van der Waals surface area (Å²) in [5.74, 6) is 1.37. The van der Waals surface area contributed by atoms with Gasteiger partial charge in [0.1, 0.15) is 0 Å². The van der Waals surface area contributed by atoms with Crippen LogP contribution in [-0.2, 0) is 11.2 Å². The predicted octanol–water partition coefficient (Wildman–Crippen LogP) is 3.37. The van der Waals surface area contributed by atoms with E-state index >= 15 is 0 Å². The number of nitrogens with one attached hydrogen (secondary N) is 1. The van der Waals surface area contributed by atoms with Crippen molar-refractivity contribution in [3.05, 3.63) is 35.4 Å². The van der Waals surface area contributed by atoms with Gasteiger partial charge in [0, 0.05) is 13.2 Å². The van der Waals surface area contributed by atoms with Crippen molar-refractivity contribution in [2.45, 2.75) is 51.2 Å². The molecule has 0 bridgehead atoms. The lowest BCUT2D eigenvalue weighted by atomic mass is 9.96. The van der Waals surface area contributed by atoms with Crippen molar-refractivity contribution in [1.29, 1.82) is 0 Å². The van der Waals surface area contributed by atoms with Gasteiger partial charge in [-0.1, -0.05) is 38.1 Å². The molecule has 2 unspecified atom stereocenters. The third-order valence-electron chi connectivity index (χ3n) is 4.23. The van der Waals surface area contributed by atoms with Gasteiger partial charge in [-0.25, -0.2) is 0 Å². The molecule has 0 aromatic heterocycles. The molecule has 106 valence electrons. The van der Waals surface area contributed by atoms with Gasteiger partial charge in [-0.05, 0) is 49.3 Å².